The number of carbonyl (C=O) groups is 2. The third-order valence-corrected chi connectivity index (χ3v) is 10.7. The number of benzene rings is 2. The van der Waals surface area contributed by atoms with Crippen LogP contribution in [0.1, 0.15) is 88.2 Å². The molecular formula is C39H50N4O4S. The van der Waals surface area contributed by atoms with Crippen LogP contribution in [0, 0.1) is 25.2 Å². The summed E-state index contributed by atoms with van der Waals surface area (Å²) in [6, 6.07) is 18.2. The summed E-state index contributed by atoms with van der Waals surface area (Å²) in [5, 5.41) is 0. The van der Waals surface area contributed by atoms with Gasteiger partial charge in [0.05, 0.1) is 11.7 Å². The Hall–Kier alpha value is -3.72. The van der Waals surface area contributed by atoms with Crippen molar-refractivity contribution in [2.75, 3.05) is 24.4 Å². The van der Waals surface area contributed by atoms with Crippen molar-refractivity contribution in [3.05, 3.63) is 71.3 Å². The molecule has 8 nitrogen and oxygen atoms in total. The molecule has 48 heavy (non-hydrogen) atoms. The molecule has 1 N–H and O–H groups in total. The largest absolute Gasteiger partial charge is 0.491 e. The van der Waals surface area contributed by atoms with E-state index >= 15 is 0 Å². The number of nitrogens with zero attached hydrogens (tertiary/aromatic N) is 3. The zero-order valence-electron chi connectivity index (χ0n) is 29.5. The minimum atomic E-state index is -0.508. The molecule has 1 aromatic heterocycles. The lowest BCUT2D eigenvalue weighted by Crippen LogP contribution is -2.60. The molecule has 256 valence electrons. The number of rotatable bonds is 4. The summed E-state index contributed by atoms with van der Waals surface area (Å²) in [4.78, 5) is 37.2. The van der Waals surface area contributed by atoms with Gasteiger partial charge in [0.15, 0.2) is 0 Å². The molecule has 2 aromatic carbocycles. The van der Waals surface area contributed by atoms with E-state index < -0.39 is 5.60 Å². The SMILES string of the molecule is Cc1cccc(C)c1-c1cc2cc(n1)NSc1cccc(c1)C(=O)N(C1CC3(CCN(C(=O)OC(C)(C)C)CC3)C1)[C@H](CC(C)C)CO2. The molecule has 1 spiro atoms. The van der Waals surface area contributed by atoms with Crippen molar-refractivity contribution >= 4 is 29.8 Å². The minimum absolute atomic E-state index is 0.0537. The molecule has 0 radical (unpaired) electrons. The van der Waals surface area contributed by atoms with Gasteiger partial charge in [-0.3, -0.25) is 4.79 Å². The lowest BCUT2D eigenvalue weighted by molar-refractivity contribution is -0.0553. The number of hydrogen-bond acceptors (Lipinski definition) is 7. The molecule has 3 aromatic rings. The van der Waals surface area contributed by atoms with Crippen molar-refractivity contribution in [3.8, 4) is 17.0 Å². The van der Waals surface area contributed by atoms with E-state index in [-0.39, 0.29) is 29.5 Å². The van der Waals surface area contributed by atoms with Gasteiger partial charge in [-0.05, 0) is 119 Å². The Morgan fingerprint density at radius 1 is 1.06 bits per heavy atom. The maximum atomic E-state index is 14.5. The van der Waals surface area contributed by atoms with Gasteiger partial charge >= 0.3 is 6.09 Å². The predicted octanol–water partition coefficient (Wildman–Crippen LogP) is 8.91. The van der Waals surface area contributed by atoms with Crippen LogP contribution in [0.25, 0.3) is 11.3 Å². The van der Waals surface area contributed by atoms with Gasteiger partial charge in [0.1, 0.15) is 23.8 Å². The first-order valence-electron chi connectivity index (χ1n) is 17.3. The van der Waals surface area contributed by atoms with E-state index in [4.69, 9.17) is 14.5 Å². The number of hydrogen-bond donors (Lipinski definition) is 1. The lowest BCUT2D eigenvalue weighted by atomic mass is 9.59. The number of piperidine rings is 1. The predicted molar refractivity (Wildman–Crippen MR) is 192 cm³/mol. The maximum absolute atomic E-state index is 14.5. The normalized spacial score (nSPS) is 19.8. The molecule has 6 rings (SSSR count). The lowest BCUT2D eigenvalue weighted by Gasteiger charge is -2.56. The number of fused-ring (bicyclic) bond motifs is 4. The third-order valence-electron chi connectivity index (χ3n) is 9.91. The van der Waals surface area contributed by atoms with E-state index in [1.807, 2.05) is 62.1 Å². The Bertz CT molecular complexity index is 1630. The molecule has 2 aliphatic heterocycles. The summed E-state index contributed by atoms with van der Waals surface area (Å²) in [6.07, 6.45) is 4.31. The van der Waals surface area contributed by atoms with E-state index in [0.717, 1.165) is 65.1 Å². The highest BCUT2D eigenvalue weighted by atomic mass is 32.2. The standard InChI is InChI=1S/C39H50N4O4S/c1-25(2)18-29-24-46-31-20-33(35-26(3)10-8-11-27(35)4)40-34(21-31)41-48-32-13-9-12-28(19-32)36(44)43(29)30-22-39(23-30)14-16-42(17-15-39)37(45)47-38(5,6)7/h8-13,19-21,25,29-30H,14-18,22-24H2,1-7H3,(H,40,41)/t29-/m1/s1. The molecular weight excluding hydrogens is 621 g/mol. The average Bonchev–Trinajstić information content (AvgIpc) is 3.01. The van der Waals surface area contributed by atoms with Crippen molar-refractivity contribution in [1.82, 2.24) is 14.8 Å². The molecule has 9 heteroatoms. The maximum Gasteiger partial charge on any atom is 0.410 e. The fourth-order valence-electron chi connectivity index (χ4n) is 7.60. The molecule has 2 amide bonds. The quantitative estimate of drug-likeness (QED) is 0.278. The smallest absolute Gasteiger partial charge is 0.410 e. The Labute approximate surface area is 290 Å². The number of anilines is 1. The van der Waals surface area contributed by atoms with E-state index in [9.17, 15) is 9.59 Å². The first-order valence-corrected chi connectivity index (χ1v) is 18.2. The zero-order valence-corrected chi connectivity index (χ0v) is 30.3. The van der Waals surface area contributed by atoms with Crippen LogP contribution in [0.4, 0.5) is 10.6 Å². The molecule has 0 unspecified atom stereocenters. The summed E-state index contributed by atoms with van der Waals surface area (Å²) in [7, 11) is 0. The van der Waals surface area contributed by atoms with Gasteiger partial charge in [0, 0.05) is 47.3 Å². The molecule has 2 fully saturated rings. The Morgan fingerprint density at radius 2 is 1.75 bits per heavy atom. The van der Waals surface area contributed by atoms with Crippen molar-refractivity contribution in [1.29, 1.82) is 0 Å². The van der Waals surface area contributed by atoms with Crippen LogP contribution >= 0.6 is 11.9 Å². The first-order chi connectivity index (χ1) is 22.8. The summed E-state index contributed by atoms with van der Waals surface area (Å²) >= 11 is 1.45. The highest BCUT2D eigenvalue weighted by Gasteiger charge is 2.51. The Kier molecular flexibility index (Phi) is 9.71. The van der Waals surface area contributed by atoms with Crippen LogP contribution in [0.5, 0.6) is 5.75 Å². The van der Waals surface area contributed by atoms with Gasteiger partial charge < -0.3 is 24.0 Å². The monoisotopic (exact) mass is 670 g/mol. The summed E-state index contributed by atoms with van der Waals surface area (Å²) in [6.45, 7) is 16.1. The minimum Gasteiger partial charge on any atom is -0.491 e. The van der Waals surface area contributed by atoms with Crippen molar-refractivity contribution in [3.63, 3.8) is 0 Å². The molecule has 1 saturated carbocycles. The van der Waals surface area contributed by atoms with E-state index in [2.05, 4.69) is 55.5 Å². The molecule has 1 atom stereocenters. The second-order valence-electron chi connectivity index (χ2n) is 15.4. The van der Waals surface area contributed by atoms with Gasteiger partial charge in [0.2, 0.25) is 0 Å². The first kappa shape index (κ1) is 34.2. The number of carbonyl (C=O) groups excluding carboxylic acids is 2. The molecule has 3 aliphatic rings. The number of amides is 2. The van der Waals surface area contributed by atoms with Crippen molar-refractivity contribution in [2.24, 2.45) is 11.3 Å². The van der Waals surface area contributed by atoms with E-state index in [1.165, 1.54) is 11.9 Å². The number of ether oxygens (including phenoxy) is 2. The van der Waals surface area contributed by atoms with Crippen LogP contribution in [0.3, 0.4) is 0 Å². The van der Waals surface area contributed by atoms with Crippen LogP contribution < -0.4 is 9.46 Å². The average molecular weight is 671 g/mol. The highest BCUT2D eigenvalue weighted by Crippen LogP contribution is 2.52. The molecule has 4 bridgehead atoms. The van der Waals surface area contributed by atoms with Crippen molar-refractivity contribution in [2.45, 2.75) is 103 Å². The van der Waals surface area contributed by atoms with Gasteiger partial charge in [-0.15, -0.1) is 0 Å². The number of pyridine rings is 1. The van der Waals surface area contributed by atoms with Crippen molar-refractivity contribution < 1.29 is 19.1 Å². The second kappa shape index (κ2) is 13.7. The third kappa shape index (κ3) is 7.61. The van der Waals surface area contributed by atoms with E-state index in [1.54, 1.807) is 0 Å². The van der Waals surface area contributed by atoms with Gasteiger partial charge in [-0.2, -0.15) is 0 Å². The summed E-state index contributed by atoms with van der Waals surface area (Å²) < 4.78 is 15.7. The Morgan fingerprint density at radius 3 is 2.42 bits per heavy atom. The fraction of sp³-hybridized carbons (Fsp3) is 0.513. The number of aromatic nitrogens is 1. The van der Waals surface area contributed by atoms with Crippen LogP contribution in [-0.2, 0) is 4.74 Å². The summed E-state index contributed by atoms with van der Waals surface area (Å²) in [5.74, 6) is 1.87. The van der Waals surface area contributed by atoms with Gasteiger partial charge in [-0.25, -0.2) is 9.78 Å². The van der Waals surface area contributed by atoms with Gasteiger partial charge in [-0.1, -0.05) is 38.1 Å². The topological polar surface area (TPSA) is 84.0 Å². The number of aryl methyl sites for hydroxylation is 2. The highest BCUT2D eigenvalue weighted by molar-refractivity contribution is 8.00. The van der Waals surface area contributed by atoms with Crippen LogP contribution in [0.2, 0.25) is 0 Å². The number of likely N-dealkylation sites (tertiary alicyclic amines) is 1. The molecule has 3 heterocycles. The van der Waals surface area contributed by atoms with Gasteiger partial charge in [0.25, 0.3) is 5.91 Å². The number of nitrogens with one attached hydrogen (secondary N) is 1. The summed E-state index contributed by atoms with van der Waals surface area (Å²) in [5.41, 5.74) is 4.61. The zero-order chi connectivity index (χ0) is 34.2. The molecule has 1 saturated heterocycles. The van der Waals surface area contributed by atoms with Crippen LogP contribution in [-0.4, -0.2) is 64.2 Å². The molecule has 1 aliphatic carbocycles. The van der Waals surface area contributed by atoms with Crippen LogP contribution in [0.15, 0.2) is 59.5 Å². The van der Waals surface area contributed by atoms with E-state index in [0.29, 0.717) is 37.0 Å². The Balaban J connectivity index is 1.29. The second-order valence-corrected chi connectivity index (χ2v) is 16.3. The fourth-order valence-corrected chi connectivity index (χ4v) is 8.26.